The Morgan fingerprint density at radius 2 is 2.00 bits per heavy atom. The third kappa shape index (κ3) is 3.61. The number of ether oxygens (including phenoxy) is 1. The van der Waals surface area contributed by atoms with E-state index in [2.05, 4.69) is 15.3 Å². The second kappa shape index (κ2) is 6.01. The third-order valence-electron chi connectivity index (χ3n) is 2.66. The fourth-order valence-electron chi connectivity index (χ4n) is 1.85. The van der Waals surface area contributed by atoms with Gasteiger partial charge < -0.3 is 10.1 Å². The molecule has 1 N–H and O–H groups in total. The van der Waals surface area contributed by atoms with Gasteiger partial charge in [-0.15, -0.1) is 0 Å². The molecular formula is C11H16ClN3O. The number of nitrogens with zero attached hydrogens (tertiary/aromatic N) is 2. The van der Waals surface area contributed by atoms with Crippen molar-refractivity contribution in [2.24, 2.45) is 0 Å². The fraction of sp³-hybridized carbons (Fsp3) is 0.636. The number of halogens is 1. The summed E-state index contributed by atoms with van der Waals surface area (Å²) in [7, 11) is 0. The summed E-state index contributed by atoms with van der Waals surface area (Å²) >= 11 is 5.68. The van der Waals surface area contributed by atoms with E-state index < -0.39 is 0 Å². The largest absolute Gasteiger partial charge is 0.376 e. The second-order valence-corrected chi connectivity index (χ2v) is 4.37. The van der Waals surface area contributed by atoms with Crippen molar-refractivity contribution in [3.05, 3.63) is 17.4 Å². The Kier molecular flexibility index (Phi) is 4.36. The summed E-state index contributed by atoms with van der Waals surface area (Å²) in [6, 6.07) is 0. The number of nitrogens with one attached hydrogen (secondary N) is 1. The highest BCUT2D eigenvalue weighted by molar-refractivity contribution is 6.30. The summed E-state index contributed by atoms with van der Waals surface area (Å²) in [4.78, 5) is 8.08. The van der Waals surface area contributed by atoms with Gasteiger partial charge in [-0.25, -0.2) is 9.97 Å². The van der Waals surface area contributed by atoms with E-state index in [-0.39, 0.29) is 0 Å². The molecule has 5 heteroatoms. The van der Waals surface area contributed by atoms with Gasteiger partial charge in [0.15, 0.2) is 0 Å². The average Bonchev–Trinajstić information content (AvgIpc) is 2.80. The van der Waals surface area contributed by atoms with Crippen LogP contribution in [0.1, 0.15) is 25.7 Å². The maximum Gasteiger partial charge on any atom is 0.222 e. The highest BCUT2D eigenvalue weighted by atomic mass is 35.5. The van der Waals surface area contributed by atoms with Crippen molar-refractivity contribution in [3.63, 3.8) is 0 Å². The van der Waals surface area contributed by atoms with Crippen molar-refractivity contribution in [2.75, 3.05) is 18.5 Å². The van der Waals surface area contributed by atoms with Gasteiger partial charge in [0.25, 0.3) is 0 Å². The minimum atomic E-state index is 0.466. The zero-order chi connectivity index (χ0) is 11.2. The van der Waals surface area contributed by atoms with E-state index in [1.54, 1.807) is 12.4 Å². The van der Waals surface area contributed by atoms with Crippen LogP contribution in [0.5, 0.6) is 0 Å². The summed E-state index contributed by atoms with van der Waals surface area (Å²) in [6.45, 7) is 1.44. The van der Waals surface area contributed by atoms with Crippen LogP contribution in [0.4, 0.5) is 5.95 Å². The van der Waals surface area contributed by atoms with Gasteiger partial charge in [0.05, 0.1) is 30.1 Å². The third-order valence-corrected chi connectivity index (χ3v) is 2.86. The van der Waals surface area contributed by atoms with E-state index in [1.807, 2.05) is 0 Å². The van der Waals surface area contributed by atoms with Gasteiger partial charge >= 0.3 is 0 Å². The maximum absolute atomic E-state index is 5.70. The Labute approximate surface area is 100 Å². The topological polar surface area (TPSA) is 47.0 Å². The Bertz CT molecular complexity index is 312. The molecule has 16 heavy (non-hydrogen) atoms. The highest BCUT2D eigenvalue weighted by Crippen LogP contribution is 2.20. The predicted molar refractivity (Wildman–Crippen MR) is 63.7 cm³/mol. The zero-order valence-electron chi connectivity index (χ0n) is 9.16. The van der Waals surface area contributed by atoms with Gasteiger partial charge in [-0.05, 0) is 12.8 Å². The molecule has 4 nitrogen and oxygen atoms in total. The molecule has 0 spiro atoms. The average molecular weight is 242 g/mol. The van der Waals surface area contributed by atoms with Gasteiger partial charge in [0, 0.05) is 6.54 Å². The molecule has 0 saturated heterocycles. The number of hydrogen-bond acceptors (Lipinski definition) is 4. The van der Waals surface area contributed by atoms with Crippen LogP contribution < -0.4 is 5.32 Å². The first kappa shape index (κ1) is 11.6. The molecule has 1 aromatic heterocycles. The van der Waals surface area contributed by atoms with Crippen molar-refractivity contribution in [1.29, 1.82) is 0 Å². The highest BCUT2D eigenvalue weighted by Gasteiger charge is 2.14. The number of anilines is 1. The van der Waals surface area contributed by atoms with E-state index in [9.17, 15) is 0 Å². The van der Waals surface area contributed by atoms with Crippen LogP contribution in [-0.2, 0) is 4.74 Å². The minimum Gasteiger partial charge on any atom is -0.376 e. The normalized spacial score (nSPS) is 16.6. The van der Waals surface area contributed by atoms with Gasteiger partial charge in [0.2, 0.25) is 5.95 Å². The number of aromatic nitrogens is 2. The molecule has 1 aliphatic rings. The van der Waals surface area contributed by atoms with Gasteiger partial charge in [-0.3, -0.25) is 0 Å². The molecule has 1 fully saturated rings. The van der Waals surface area contributed by atoms with Crippen LogP contribution in [0.3, 0.4) is 0 Å². The Hall–Kier alpha value is -0.870. The Balaban J connectivity index is 1.62. The molecule has 0 amide bonds. The van der Waals surface area contributed by atoms with Gasteiger partial charge in [-0.2, -0.15) is 0 Å². The van der Waals surface area contributed by atoms with Crippen LogP contribution in [0.2, 0.25) is 5.02 Å². The molecule has 88 valence electrons. The van der Waals surface area contributed by atoms with Crippen LogP contribution in [0, 0.1) is 0 Å². The van der Waals surface area contributed by atoms with Crippen LogP contribution in [0.15, 0.2) is 12.4 Å². The molecule has 1 aliphatic carbocycles. The standard InChI is InChI=1S/C11H16ClN3O/c12-9-7-14-11(15-8-9)13-5-6-16-10-3-1-2-4-10/h7-8,10H,1-6H2,(H,13,14,15). The lowest BCUT2D eigenvalue weighted by Crippen LogP contribution is -2.16. The molecule has 2 rings (SSSR count). The SMILES string of the molecule is Clc1cnc(NCCOC2CCCC2)nc1. The molecule has 0 bridgehead atoms. The van der Waals surface area contributed by atoms with E-state index in [1.165, 1.54) is 25.7 Å². The first-order valence-corrected chi connectivity index (χ1v) is 6.05. The maximum atomic E-state index is 5.70. The van der Waals surface area contributed by atoms with Crippen LogP contribution >= 0.6 is 11.6 Å². The molecule has 0 aromatic carbocycles. The summed E-state index contributed by atoms with van der Waals surface area (Å²) < 4.78 is 5.70. The Morgan fingerprint density at radius 3 is 2.69 bits per heavy atom. The fourth-order valence-corrected chi connectivity index (χ4v) is 1.94. The molecule has 0 atom stereocenters. The van der Waals surface area contributed by atoms with E-state index in [0.29, 0.717) is 23.7 Å². The molecule has 1 heterocycles. The zero-order valence-corrected chi connectivity index (χ0v) is 9.91. The first-order chi connectivity index (χ1) is 7.84. The molecule has 0 aliphatic heterocycles. The van der Waals surface area contributed by atoms with Gasteiger partial charge in [0.1, 0.15) is 0 Å². The lowest BCUT2D eigenvalue weighted by atomic mass is 10.3. The number of hydrogen-bond donors (Lipinski definition) is 1. The number of rotatable bonds is 5. The van der Waals surface area contributed by atoms with Gasteiger partial charge in [-0.1, -0.05) is 24.4 Å². The summed E-state index contributed by atoms with van der Waals surface area (Å²) in [5, 5.41) is 3.64. The van der Waals surface area contributed by atoms with E-state index in [4.69, 9.17) is 16.3 Å². The molecule has 0 radical (unpaired) electrons. The van der Waals surface area contributed by atoms with E-state index in [0.717, 1.165) is 6.54 Å². The van der Waals surface area contributed by atoms with Crippen LogP contribution in [-0.4, -0.2) is 29.2 Å². The van der Waals surface area contributed by atoms with Crippen molar-refractivity contribution in [2.45, 2.75) is 31.8 Å². The lowest BCUT2D eigenvalue weighted by molar-refractivity contribution is 0.0658. The Morgan fingerprint density at radius 1 is 1.31 bits per heavy atom. The molecule has 1 aromatic rings. The molecule has 1 saturated carbocycles. The van der Waals surface area contributed by atoms with Crippen molar-refractivity contribution < 1.29 is 4.74 Å². The molecule has 0 unspecified atom stereocenters. The second-order valence-electron chi connectivity index (χ2n) is 3.93. The monoisotopic (exact) mass is 241 g/mol. The summed E-state index contributed by atoms with van der Waals surface area (Å²) in [6.07, 6.45) is 8.64. The minimum absolute atomic E-state index is 0.466. The summed E-state index contributed by atoms with van der Waals surface area (Å²) in [5.74, 6) is 0.597. The predicted octanol–water partition coefficient (Wildman–Crippen LogP) is 2.50. The van der Waals surface area contributed by atoms with Crippen molar-refractivity contribution in [1.82, 2.24) is 9.97 Å². The molecular weight excluding hydrogens is 226 g/mol. The lowest BCUT2D eigenvalue weighted by Gasteiger charge is -2.11. The van der Waals surface area contributed by atoms with E-state index >= 15 is 0 Å². The quantitative estimate of drug-likeness (QED) is 0.805. The summed E-state index contributed by atoms with van der Waals surface area (Å²) in [5.41, 5.74) is 0. The van der Waals surface area contributed by atoms with Crippen LogP contribution in [0.25, 0.3) is 0 Å². The van der Waals surface area contributed by atoms with Crippen molar-refractivity contribution >= 4 is 17.5 Å². The van der Waals surface area contributed by atoms with Crippen molar-refractivity contribution in [3.8, 4) is 0 Å². The smallest absolute Gasteiger partial charge is 0.222 e. The first-order valence-electron chi connectivity index (χ1n) is 5.67.